The zero-order chi connectivity index (χ0) is 39.4. The van der Waals surface area contributed by atoms with Crippen LogP contribution in [0.1, 0.15) is 72.9 Å². The van der Waals surface area contributed by atoms with Crippen molar-refractivity contribution in [3.8, 4) is 22.0 Å². The molecule has 1 N–H and O–H groups in total. The molecular weight excluding hydrogens is 767 g/mol. The first-order chi connectivity index (χ1) is 28.4. The summed E-state index contributed by atoms with van der Waals surface area (Å²) in [6.45, 7) is 2.12. The molecule has 0 spiro atoms. The summed E-state index contributed by atoms with van der Waals surface area (Å²) >= 11 is 8.25. The van der Waals surface area contributed by atoms with Crippen LogP contribution >= 0.6 is 22.9 Å². The molecule has 2 bridgehead atoms. The van der Waals surface area contributed by atoms with E-state index < -0.39 is 17.3 Å². The van der Waals surface area contributed by atoms with Crippen LogP contribution < -0.4 is 5.32 Å². The first kappa shape index (κ1) is 36.9. The zero-order valence-corrected chi connectivity index (χ0v) is 33.6. The Morgan fingerprint density at radius 1 is 0.845 bits per heavy atom. The van der Waals surface area contributed by atoms with Gasteiger partial charge in [-0.2, -0.15) is 0 Å². The van der Waals surface area contributed by atoms with E-state index >= 15 is 4.39 Å². The van der Waals surface area contributed by atoms with E-state index in [4.69, 9.17) is 36.3 Å². The van der Waals surface area contributed by atoms with Crippen molar-refractivity contribution in [3.05, 3.63) is 148 Å². The van der Waals surface area contributed by atoms with Gasteiger partial charge in [0.05, 0.1) is 29.2 Å². The van der Waals surface area contributed by atoms with E-state index in [1.165, 1.54) is 4.88 Å². The number of benzene rings is 3. The van der Waals surface area contributed by atoms with Gasteiger partial charge in [-0.1, -0.05) is 103 Å². The monoisotopic (exact) mass is 808 g/mol. The number of aromatic nitrogens is 5. The van der Waals surface area contributed by atoms with Crippen molar-refractivity contribution in [1.29, 1.82) is 0 Å². The van der Waals surface area contributed by atoms with Crippen LogP contribution in [0.5, 0.6) is 0 Å². The van der Waals surface area contributed by atoms with Crippen LogP contribution in [0.25, 0.3) is 33.1 Å². The summed E-state index contributed by atoms with van der Waals surface area (Å²) in [7, 11) is 0. The third-order valence-electron chi connectivity index (χ3n) is 12.4. The molecule has 4 heterocycles. The average molecular weight is 809 g/mol. The largest absolute Gasteiger partial charge is 0.466 e. The lowest BCUT2D eigenvalue weighted by Gasteiger charge is -2.47. The van der Waals surface area contributed by atoms with Crippen LogP contribution in [0.4, 0.5) is 10.2 Å². The lowest BCUT2D eigenvalue weighted by Crippen LogP contribution is -2.52. The van der Waals surface area contributed by atoms with Gasteiger partial charge in [0.2, 0.25) is 0 Å². The van der Waals surface area contributed by atoms with Crippen LogP contribution in [0.15, 0.2) is 116 Å². The number of nitrogens with one attached hydrogen (secondary N) is 1. The quantitative estimate of drug-likeness (QED) is 0.103. The van der Waals surface area contributed by atoms with Gasteiger partial charge in [-0.25, -0.2) is 24.3 Å². The number of halogens is 2. The second-order valence-corrected chi connectivity index (χ2v) is 17.2. The van der Waals surface area contributed by atoms with Gasteiger partial charge >= 0.3 is 5.97 Å². The van der Waals surface area contributed by atoms with Crippen LogP contribution in [-0.2, 0) is 15.1 Å². The Morgan fingerprint density at radius 2 is 1.47 bits per heavy atom. The number of anilines is 1. The molecule has 8 nitrogen and oxygen atoms in total. The van der Waals surface area contributed by atoms with Crippen molar-refractivity contribution in [2.45, 2.75) is 62.9 Å². The molecule has 4 aliphatic rings. The molecular formula is C47H42ClFN6O2S. The predicted molar refractivity (Wildman–Crippen MR) is 226 cm³/mol. The van der Waals surface area contributed by atoms with Crippen LogP contribution in [0.3, 0.4) is 0 Å². The molecule has 4 aliphatic carbocycles. The SMILES string of the molecule is CCOC(=O)[C@@H]1C2CCC(CC2)[C@H]1Nc1nc(-c2cn(C(c3ccccc3)(c3ccccc3)c3ccccc3)c3ncc(Cl)nc23)nc(-c2ccc(C3CC3)s2)c1F. The Bertz CT molecular complexity index is 2510. The Labute approximate surface area is 345 Å². The Kier molecular flexibility index (Phi) is 9.57. The molecule has 11 rings (SSSR count). The second-order valence-electron chi connectivity index (χ2n) is 15.7. The van der Waals surface area contributed by atoms with E-state index in [0.717, 1.165) is 60.1 Å². The maximum Gasteiger partial charge on any atom is 0.311 e. The Balaban J connectivity index is 1.22. The lowest BCUT2D eigenvalue weighted by molar-refractivity contribution is -0.154. The highest BCUT2D eigenvalue weighted by atomic mass is 35.5. The maximum atomic E-state index is 17.2. The minimum atomic E-state index is -0.937. The van der Waals surface area contributed by atoms with E-state index in [2.05, 4.69) is 52.3 Å². The normalized spacial score (nSPS) is 20.3. The van der Waals surface area contributed by atoms with Gasteiger partial charge < -0.3 is 14.6 Å². The van der Waals surface area contributed by atoms with Crippen molar-refractivity contribution in [2.75, 3.05) is 11.9 Å². The highest BCUT2D eigenvalue weighted by Crippen LogP contribution is 2.49. The molecule has 7 aromatic rings. The van der Waals surface area contributed by atoms with Gasteiger partial charge in [-0.05, 0) is 92.0 Å². The molecule has 4 saturated carbocycles. The van der Waals surface area contributed by atoms with Crippen molar-refractivity contribution in [1.82, 2.24) is 24.5 Å². The topological polar surface area (TPSA) is 94.8 Å². The number of thiophene rings is 1. The summed E-state index contributed by atoms with van der Waals surface area (Å²) in [6.07, 6.45) is 9.65. The number of nitrogens with zero attached hydrogens (tertiary/aromatic N) is 5. The van der Waals surface area contributed by atoms with Crippen molar-refractivity contribution >= 4 is 45.9 Å². The van der Waals surface area contributed by atoms with Crippen LogP contribution in [0, 0.1) is 23.6 Å². The first-order valence-electron chi connectivity index (χ1n) is 20.3. The Morgan fingerprint density at radius 3 is 2.07 bits per heavy atom. The summed E-state index contributed by atoms with van der Waals surface area (Å²) in [6, 6.07) is 34.7. The number of carbonyl (C=O) groups excluding carboxylic acids is 1. The smallest absolute Gasteiger partial charge is 0.311 e. The molecule has 0 radical (unpaired) electrons. The Hall–Kier alpha value is -5.45. The highest BCUT2D eigenvalue weighted by molar-refractivity contribution is 7.15. The molecule has 0 saturated heterocycles. The highest BCUT2D eigenvalue weighted by Gasteiger charge is 2.48. The zero-order valence-electron chi connectivity index (χ0n) is 32.0. The number of carbonyl (C=O) groups is 1. The van der Waals surface area contributed by atoms with Gasteiger partial charge in [0, 0.05) is 17.1 Å². The van der Waals surface area contributed by atoms with Crippen molar-refractivity contribution < 1.29 is 13.9 Å². The average Bonchev–Trinajstić information content (AvgIpc) is 3.88. The molecule has 0 aliphatic heterocycles. The maximum absolute atomic E-state index is 17.2. The van der Waals surface area contributed by atoms with Gasteiger partial charge in [0.25, 0.3) is 0 Å². The van der Waals surface area contributed by atoms with E-state index in [9.17, 15) is 4.79 Å². The second kappa shape index (κ2) is 15.1. The number of fused-ring (bicyclic) bond motifs is 4. The van der Waals surface area contributed by atoms with Crippen LogP contribution in [0.2, 0.25) is 5.15 Å². The molecule has 2 atom stereocenters. The predicted octanol–water partition coefficient (Wildman–Crippen LogP) is 10.9. The van der Waals surface area contributed by atoms with Gasteiger partial charge in [0.1, 0.15) is 21.9 Å². The molecule has 58 heavy (non-hydrogen) atoms. The standard InChI is InChI=1S/C47H42ClFN6O2S/c1-2-57-46(56)38-29-20-22-30(23-21-29)40(38)52-44-39(49)42(36-25-24-35(58-36)28-18-19-28)53-43(54-44)34-27-55(45-41(34)51-37(48)26-50-45)47(31-12-6-3-7-13-31,32-14-8-4-9-15-32)33-16-10-5-11-17-33/h3-17,24-30,38,40H,2,18-23H2,1H3,(H,52,53,54)/t29?,30?,38-,40-/m1/s1. The molecule has 292 valence electrons. The fourth-order valence-electron chi connectivity index (χ4n) is 9.63. The summed E-state index contributed by atoms with van der Waals surface area (Å²) in [5, 5.41) is 3.72. The molecule has 11 heteroatoms. The summed E-state index contributed by atoms with van der Waals surface area (Å²) < 4.78 is 25.0. The number of esters is 1. The van der Waals surface area contributed by atoms with Crippen LogP contribution in [-0.4, -0.2) is 43.1 Å². The summed E-state index contributed by atoms with van der Waals surface area (Å²) in [5.74, 6) is 0.00987. The number of rotatable bonds is 11. The summed E-state index contributed by atoms with van der Waals surface area (Å²) in [5.41, 5.74) is 3.85. The third-order valence-corrected chi connectivity index (χ3v) is 13.9. The van der Waals surface area contributed by atoms with E-state index in [1.54, 1.807) is 17.5 Å². The van der Waals surface area contributed by atoms with E-state index in [1.807, 2.05) is 73.8 Å². The summed E-state index contributed by atoms with van der Waals surface area (Å²) in [4.78, 5) is 35.4. The fraction of sp³-hybridized carbons (Fsp3) is 0.298. The third kappa shape index (κ3) is 6.28. The number of hydrogen-bond acceptors (Lipinski definition) is 8. The van der Waals surface area contributed by atoms with E-state index in [-0.39, 0.29) is 46.3 Å². The lowest BCUT2D eigenvalue weighted by atomic mass is 9.61. The van der Waals surface area contributed by atoms with Gasteiger partial charge in [0.15, 0.2) is 23.1 Å². The molecule has 3 aromatic carbocycles. The van der Waals surface area contributed by atoms with E-state index in [0.29, 0.717) is 29.3 Å². The van der Waals surface area contributed by atoms with Crippen molar-refractivity contribution in [2.24, 2.45) is 17.8 Å². The van der Waals surface area contributed by atoms with Gasteiger partial charge in [-0.3, -0.25) is 4.79 Å². The molecule has 4 fully saturated rings. The molecule has 0 unspecified atom stereocenters. The number of ether oxygens (including phenoxy) is 1. The molecule has 0 amide bonds. The number of hydrogen-bond donors (Lipinski definition) is 1. The minimum absolute atomic E-state index is 0.0598. The minimum Gasteiger partial charge on any atom is -0.466 e. The first-order valence-corrected chi connectivity index (χ1v) is 21.4. The van der Waals surface area contributed by atoms with Crippen molar-refractivity contribution in [3.63, 3.8) is 0 Å². The van der Waals surface area contributed by atoms with Gasteiger partial charge in [-0.15, -0.1) is 11.3 Å². The molecule has 4 aromatic heterocycles. The fourth-order valence-corrected chi connectivity index (χ4v) is 10.9.